The number of hydrogen-bond donors (Lipinski definition) is 1. The van der Waals surface area contributed by atoms with Crippen molar-refractivity contribution in [2.24, 2.45) is 17.8 Å². The number of nitrogens with zero attached hydrogens (tertiary/aromatic N) is 3. The van der Waals surface area contributed by atoms with E-state index in [9.17, 15) is 9.90 Å². The second kappa shape index (κ2) is 5.53. The summed E-state index contributed by atoms with van der Waals surface area (Å²) in [6.45, 7) is 2.51. The number of hydrogen-bond acceptors (Lipinski definition) is 6. The molecule has 22 heavy (non-hydrogen) atoms. The van der Waals surface area contributed by atoms with Gasteiger partial charge < -0.3 is 19.3 Å². The van der Waals surface area contributed by atoms with Gasteiger partial charge in [0.15, 0.2) is 5.82 Å². The smallest absolute Gasteiger partial charge is 0.324 e. The van der Waals surface area contributed by atoms with Gasteiger partial charge >= 0.3 is 12.0 Å². The first-order valence-electron chi connectivity index (χ1n) is 8.11. The molecule has 7 nitrogen and oxygen atoms in total. The lowest BCUT2D eigenvalue weighted by atomic mass is 9.83. The van der Waals surface area contributed by atoms with Gasteiger partial charge in [-0.2, -0.15) is 4.98 Å². The van der Waals surface area contributed by atoms with Gasteiger partial charge in [0.05, 0.1) is 5.92 Å². The number of aromatic nitrogens is 2. The minimum absolute atomic E-state index is 0.0963. The van der Waals surface area contributed by atoms with Crippen molar-refractivity contribution in [3.05, 3.63) is 5.82 Å². The van der Waals surface area contributed by atoms with Crippen molar-refractivity contribution in [1.29, 1.82) is 0 Å². The summed E-state index contributed by atoms with van der Waals surface area (Å²) in [4.78, 5) is 18.0. The standard InChI is InChI=1S/C15H21N3O4/c19-14(20)12-7-18(6-11(12)10-4-5-21-8-10)15-16-13(17-22-15)9-2-1-3-9/h9-12H,1-8H2,(H,19,20)/t10?,11-,12+/m0/s1. The van der Waals surface area contributed by atoms with Gasteiger partial charge in [0.25, 0.3) is 0 Å². The van der Waals surface area contributed by atoms with Gasteiger partial charge in [0.1, 0.15) is 0 Å². The molecule has 3 aliphatic rings. The fourth-order valence-electron chi connectivity index (χ4n) is 3.80. The Morgan fingerprint density at radius 2 is 2.14 bits per heavy atom. The number of carboxylic acids is 1. The highest BCUT2D eigenvalue weighted by Gasteiger charge is 2.44. The summed E-state index contributed by atoms with van der Waals surface area (Å²) in [6.07, 6.45) is 4.42. The average Bonchev–Trinajstić information content (AvgIpc) is 3.16. The van der Waals surface area contributed by atoms with E-state index in [1.807, 2.05) is 4.90 Å². The molecule has 1 saturated carbocycles. The Hall–Kier alpha value is -1.63. The molecule has 3 heterocycles. The van der Waals surface area contributed by atoms with Crippen molar-refractivity contribution in [3.8, 4) is 0 Å². The number of rotatable bonds is 4. The van der Waals surface area contributed by atoms with Crippen LogP contribution < -0.4 is 4.90 Å². The summed E-state index contributed by atoms with van der Waals surface area (Å²) in [6, 6.07) is 0.481. The molecule has 0 radical (unpaired) electrons. The molecule has 2 aliphatic heterocycles. The summed E-state index contributed by atoms with van der Waals surface area (Å²) in [7, 11) is 0. The van der Waals surface area contributed by atoms with E-state index in [2.05, 4.69) is 10.1 Å². The van der Waals surface area contributed by atoms with E-state index in [0.717, 1.165) is 31.7 Å². The van der Waals surface area contributed by atoms with Gasteiger partial charge in [-0.3, -0.25) is 4.79 Å². The maximum Gasteiger partial charge on any atom is 0.324 e. The molecule has 3 atom stereocenters. The van der Waals surface area contributed by atoms with Crippen molar-refractivity contribution >= 4 is 12.0 Å². The lowest BCUT2D eigenvalue weighted by Crippen LogP contribution is -2.28. The normalized spacial score (nSPS) is 32.4. The number of carbonyl (C=O) groups is 1. The monoisotopic (exact) mass is 307 g/mol. The second-order valence-corrected chi connectivity index (χ2v) is 6.70. The summed E-state index contributed by atoms with van der Waals surface area (Å²) >= 11 is 0. The van der Waals surface area contributed by atoms with Crippen LogP contribution in [0, 0.1) is 17.8 Å². The molecule has 1 aromatic heterocycles. The molecule has 7 heteroatoms. The Bertz CT molecular complexity index is 551. The maximum atomic E-state index is 11.6. The molecule has 1 unspecified atom stereocenters. The highest BCUT2D eigenvalue weighted by molar-refractivity contribution is 5.72. The minimum atomic E-state index is -0.738. The molecular weight excluding hydrogens is 286 g/mol. The van der Waals surface area contributed by atoms with Crippen molar-refractivity contribution in [1.82, 2.24) is 10.1 Å². The van der Waals surface area contributed by atoms with Crippen LogP contribution in [0.2, 0.25) is 0 Å². The Kier molecular flexibility index (Phi) is 3.52. The van der Waals surface area contributed by atoms with Crippen LogP contribution in [0.3, 0.4) is 0 Å². The zero-order chi connectivity index (χ0) is 15.1. The van der Waals surface area contributed by atoms with Gasteiger partial charge in [-0.25, -0.2) is 0 Å². The fraction of sp³-hybridized carbons (Fsp3) is 0.800. The summed E-state index contributed by atoms with van der Waals surface area (Å²) in [5, 5.41) is 13.6. The summed E-state index contributed by atoms with van der Waals surface area (Å²) in [5.41, 5.74) is 0. The first-order chi connectivity index (χ1) is 10.7. The highest BCUT2D eigenvalue weighted by Crippen LogP contribution is 2.38. The van der Waals surface area contributed by atoms with Crippen LogP contribution in [-0.4, -0.2) is 47.5 Å². The fourth-order valence-corrected chi connectivity index (χ4v) is 3.80. The lowest BCUT2D eigenvalue weighted by molar-refractivity contribution is -0.142. The van der Waals surface area contributed by atoms with E-state index in [1.165, 1.54) is 6.42 Å². The van der Waals surface area contributed by atoms with Crippen LogP contribution in [0.25, 0.3) is 0 Å². The van der Waals surface area contributed by atoms with Gasteiger partial charge in [-0.1, -0.05) is 11.6 Å². The van der Waals surface area contributed by atoms with Gasteiger partial charge in [-0.15, -0.1) is 0 Å². The predicted octanol–water partition coefficient (Wildman–Crippen LogP) is 1.51. The topological polar surface area (TPSA) is 88.7 Å². The minimum Gasteiger partial charge on any atom is -0.481 e. The Labute approximate surface area is 128 Å². The lowest BCUT2D eigenvalue weighted by Gasteiger charge is -2.21. The molecule has 0 bridgehead atoms. The van der Waals surface area contributed by atoms with E-state index in [0.29, 0.717) is 37.5 Å². The Balaban J connectivity index is 1.50. The van der Waals surface area contributed by atoms with E-state index in [1.54, 1.807) is 0 Å². The van der Waals surface area contributed by atoms with Crippen LogP contribution in [0.15, 0.2) is 4.52 Å². The van der Waals surface area contributed by atoms with Crippen LogP contribution in [0.5, 0.6) is 0 Å². The zero-order valence-corrected chi connectivity index (χ0v) is 12.5. The molecule has 3 fully saturated rings. The SMILES string of the molecule is O=C(O)[C@@H]1CN(c2nc(C3CCC3)no2)C[C@H]1C1CCOC1. The van der Waals surface area contributed by atoms with E-state index in [4.69, 9.17) is 9.26 Å². The van der Waals surface area contributed by atoms with Gasteiger partial charge in [0.2, 0.25) is 0 Å². The van der Waals surface area contributed by atoms with Gasteiger partial charge in [0, 0.05) is 32.2 Å². The first-order valence-corrected chi connectivity index (χ1v) is 8.11. The summed E-state index contributed by atoms with van der Waals surface area (Å²) in [5.74, 6) is 0.498. The number of carboxylic acid groups (broad SMARTS) is 1. The average molecular weight is 307 g/mol. The quantitative estimate of drug-likeness (QED) is 0.901. The zero-order valence-electron chi connectivity index (χ0n) is 12.5. The van der Waals surface area contributed by atoms with Crippen LogP contribution >= 0.6 is 0 Å². The molecule has 1 aromatic rings. The molecule has 1 N–H and O–H groups in total. The van der Waals surface area contributed by atoms with E-state index in [-0.39, 0.29) is 11.8 Å². The molecule has 2 saturated heterocycles. The van der Waals surface area contributed by atoms with Gasteiger partial charge in [-0.05, 0) is 31.1 Å². The number of ether oxygens (including phenoxy) is 1. The molecule has 0 aromatic carbocycles. The molecule has 0 spiro atoms. The highest BCUT2D eigenvalue weighted by atomic mass is 16.5. The van der Waals surface area contributed by atoms with Crippen molar-refractivity contribution in [2.75, 3.05) is 31.2 Å². The number of anilines is 1. The molecule has 1 aliphatic carbocycles. The third kappa shape index (κ3) is 2.37. The van der Waals surface area contributed by atoms with Crippen LogP contribution in [0.4, 0.5) is 6.01 Å². The third-order valence-corrected chi connectivity index (χ3v) is 5.42. The molecule has 4 rings (SSSR count). The maximum absolute atomic E-state index is 11.6. The molecule has 0 amide bonds. The number of aliphatic carboxylic acids is 1. The van der Waals surface area contributed by atoms with Crippen molar-refractivity contribution in [3.63, 3.8) is 0 Å². The van der Waals surface area contributed by atoms with Crippen molar-refractivity contribution < 1.29 is 19.2 Å². The first kappa shape index (κ1) is 14.0. The van der Waals surface area contributed by atoms with E-state index >= 15 is 0 Å². The van der Waals surface area contributed by atoms with E-state index < -0.39 is 5.97 Å². The van der Waals surface area contributed by atoms with Crippen LogP contribution in [-0.2, 0) is 9.53 Å². The van der Waals surface area contributed by atoms with Crippen molar-refractivity contribution in [2.45, 2.75) is 31.6 Å². The molecular formula is C15H21N3O4. The Morgan fingerprint density at radius 3 is 2.77 bits per heavy atom. The predicted molar refractivity (Wildman–Crippen MR) is 76.6 cm³/mol. The molecule has 120 valence electrons. The second-order valence-electron chi connectivity index (χ2n) is 6.70. The Morgan fingerprint density at radius 1 is 1.27 bits per heavy atom. The largest absolute Gasteiger partial charge is 0.481 e. The third-order valence-electron chi connectivity index (χ3n) is 5.42. The summed E-state index contributed by atoms with van der Waals surface area (Å²) < 4.78 is 10.8. The van der Waals surface area contributed by atoms with Crippen LogP contribution in [0.1, 0.15) is 37.4 Å².